The smallest absolute Gasteiger partial charge is 0.251 e. The molecule has 0 heterocycles. The van der Waals surface area contributed by atoms with Crippen molar-refractivity contribution in [2.75, 3.05) is 0 Å². The fraction of sp³-hybridized carbons (Fsp3) is 0.889. The molecule has 1 atom stereocenters. The molecule has 7 heteroatoms. The van der Waals surface area contributed by atoms with Gasteiger partial charge >= 0.3 is 0 Å². The Morgan fingerprint density at radius 2 is 1.69 bits per heavy atom. The Bertz CT molecular complexity index is 214. The monoisotopic (exact) mass is 327 g/mol. The van der Waals surface area contributed by atoms with Crippen molar-refractivity contribution in [3.63, 3.8) is 0 Å². The Hall–Kier alpha value is 0.850. The highest BCUT2D eigenvalue weighted by Crippen LogP contribution is 2.40. The third-order valence-corrected chi connectivity index (χ3v) is 3.38. The van der Waals surface area contributed by atoms with Crippen LogP contribution < -0.4 is 5.73 Å². The molecule has 0 saturated carbocycles. The standard InChI is InChI=1S/C8H14Cl4.CH3NOS/c1-4-7(2,3)6(9)5-8(10,11)12;2-1(3)4/h6H,4-5H2,1-3H3;(H3,2,3,4). The lowest BCUT2D eigenvalue weighted by molar-refractivity contribution is 0.322. The maximum Gasteiger partial charge on any atom is 0.251 e. The predicted molar refractivity (Wildman–Crippen MR) is 78.0 cm³/mol. The number of aliphatic hydroxyl groups excluding tert-OH is 1. The van der Waals surface area contributed by atoms with Gasteiger partial charge in [0.1, 0.15) is 0 Å². The minimum absolute atomic E-state index is 0.0193. The van der Waals surface area contributed by atoms with E-state index in [9.17, 15) is 0 Å². The van der Waals surface area contributed by atoms with Gasteiger partial charge in [0.15, 0.2) is 3.79 Å². The zero-order chi connectivity index (χ0) is 13.6. The zero-order valence-electron chi connectivity index (χ0n) is 9.44. The van der Waals surface area contributed by atoms with Crippen molar-refractivity contribution >= 4 is 63.8 Å². The normalized spacial score (nSPS) is 13.7. The number of alkyl halides is 4. The van der Waals surface area contributed by atoms with Crippen LogP contribution in [0.1, 0.15) is 33.6 Å². The average Bonchev–Trinajstić information content (AvgIpc) is 2.00. The van der Waals surface area contributed by atoms with Gasteiger partial charge in [0.05, 0.1) is 0 Å². The number of nitrogens with two attached hydrogens (primary N) is 1. The Morgan fingerprint density at radius 3 is 1.88 bits per heavy atom. The molecule has 0 aliphatic heterocycles. The summed E-state index contributed by atoms with van der Waals surface area (Å²) >= 11 is 26.9. The molecule has 0 aromatic carbocycles. The van der Waals surface area contributed by atoms with E-state index in [-0.39, 0.29) is 10.8 Å². The lowest BCUT2D eigenvalue weighted by Gasteiger charge is -2.30. The summed E-state index contributed by atoms with van der Waals surface area (Å²) in [6.45, 7) is 6.22. The lowest BCUT2D eigenvalue weighted by Crippen LogP contribution is -2.27. The van der Waals surface area contributed by atoms with E-state index in [0.29, 0.717) is 6.42 Å². The molecular weight excluding hydrogens is 312 g/mol. The SMILES string of the molecule is CCC(C)(C)C(Cl)CC(Cl)(Cl)Cl.NC(O)=S. The molecule has 0 bridgehead atoms. The van der Waals surface area contributed by atoms with Gasteiger partial charge in [-0.3, -0.25) is 0 Å². The summed E-state index contributed by atoms with van der Waals surface area (Å²) in [6.07, 6.45) is 1.36. The van der Waals surface area contributed by atoms with Gasteiger partial charge in [-0.2, -0.15) is 0 Å². The van der Waals surface area contributed by atoms with E-state index in [2.05, 4.69) is 38.7 Å². The maximum atomic E-state index is 7.56. The molecular formula is C9H17Cl4NOS. The van der Waals surface area contributed by atoms with Gasteiger partial charge in [-0.1, -0.05) is 55.6 Å². The Labute approximate surface area is 122 Å². The Balaban J connectivity index is 0. The largest absolute Gasteiger partial charge is 0.487 e. The van der Waals surface area contributed by atoms with Gasteiger partial charge in [-0.15, -0.1) is 11.6 Å². The second kappa shape index (κ2) is 8.04. The van der Waals surface area contributed by atoms with Crippen molar-refractivity contribution in [3.8, 4) is 0 Å². The van der Waals surface area contributed by atoms with E-state index in [0.717, 1.165) is 6.42 Å². The molecule has 0 spiro atoms. The van der Waals surface area contributed by atoms with Crippen LogP contribution >= 0.6 is 58.6 Å². The van der Waals surface area contributed by atoms with E-state index in [4.69, 9.17) is 51.5 Å². The number of rotatable bonds is 3. The summed E-state index contributed by atoms with van der Waals surface area (Å²) in [6, 6.07) is 0. The zero-order valence-corrected chi connectivity index (χ0v) is 13.3. The first kappa shape index (κ1) is 19.2. The first-order valence-electron chi connectivity index (χ1n) is 4.61. The highest BCUT2D eigenvalue weighted by molar-refractivity contribution is 7.79. The van der Waals surface area contributed by atoms with Crippen LogP contribution in [0.2, 0.25) is 0 Å². The quantitative estimate of drug-likeness (QED) is 0.589. The van der Waals surface area contributed by atoms with Crippen molar-refractivity contribution in [2.24, 2.45) is 11.1 Å². The van der Waals surface area contributed by atoms with Crippen LogP contribution in [0, 0.1) is 5.41 Å². The third-order valence-electron chi connectivity index (χ3n) is 2.17. The van der Waals surface area contributed by atoms with Gasteiger partial charge in [0, 0.05) is 11.8 Å². The summed E-state index contributed by atoms with van der Waals surface area (Å²) in [7, 11) is 0. The van der Waals surface area contributed by atoms with Crippen molar-refractivity contribution in [3.05, 3.63) is 0 Å². The van der Waals surface area contributed by atoms with E-state index in [1.807, 2.05) is 0 Å². The van der Waals surface area contributed by atoms with Gasteiger partial charge in [-0.25, -0.2) is 0 Å². The number of halogens is 4. The van der Waals surface area contributed by atoms with Gasteiger partial charge in [0.25, 0.3) is 5.17 Å². The molecule has 1 unspecified atom stereocenters. The Morgan fingerprint density at radius 1 is 1.38 bits per heavy atom. The molecule has 0 radical (unpaired) electrons. The number of aliphatic hydroxyl groups is 1. The maximum absolute atomic E-state index is 7.56. The van der Waals surface area contributed by atoms with Gasteiger partial charge in [0.2, 0.25) is 0 Å². The molecule has 0 saturated heterocycles. The minimum Gasteiger partial charge on any atom is -0.487 e. The summed E-state index contributed by atoms with van der Waals surface area (Å²) in [5.74, 6) is 0. The highest BCUT2D eigenvalue weighted by Gasteiger charge is 2.33. The molecule has 0 fully saturated rings. The minimum atomic E-state index is -1.24. The molecule has 0 aliphatic rings. The number of hydrogen-bond acceptors (Lipinski definition) is 1. The van der Waals surface area contributed by atoms with Crippen molar-refractivity contribution < 1.29 is 5.11 Å². The number of thiocarbonyl (C=S) groups is 1. The van der Waals surface area contributed by atoms with Crippen LogP contribution in [0.4, 0.5) is 0 Å². The molecule has 0 aromatic heterocycles. The van der Waals surface area contributed by atoms with Gasteiger partial charge in [-0.05, 0) is 24.1 Å². The average molecular weight is 329 g/mol. The van der Waals surface area contributed by atoms with E-state index >= 15 is 0 Å². The molecule has 0 aliphatic carbocycles. The van der Waals surface area contributed by atoms with Crippen LogP contribution in [-0.2, 0) is 0 Å². The van der Waals surface area contributed by atoms with E-state index in [1.54, 1.807) is 0 Å². The van der Waals surface area contributed by atoms with E-state index < -0.39 is 8.97 Å². The second-order valence-corrected chi connectivity index (χ2v) is 7.43. The van der Waals surface area contributed by atoms with Crippen LogP contribution in [0.25, 0.3) is 0 Å². The summed E-state index contributed by atoms with van der Waals surface area (Å²) < 4.78 is -1.24. The van der Waals surface area contributed by atoms with Crippen molar-refractivity contribution in [1.82, 2.24) is 0 Å². The predicted octanol–water partition coefficient (Wildman–Crippen LogP) is 4.58. The topological polar surface area (TPSA) is 46.2 Å². The van der Waals surface area contributed by atoms with Crippen LogP contribution in [0.15, 0.2) is 0 Å². The molecule has 0 amide bonds. The first-order valence-corrected chi connectivity index (χ1v) is 6.59. The lowest BCUT2D eigenvalue weighted by atomic mass is 9.85. The summed E-state index contributed by atoms with van der Waals surface area (Å²) in [4.78, 5) is 0. The molecule has 3 N–H and O–H groups in total. The molecule has 0 rings (SSSR count). The molecule has 0 aromatic rings. The molecule has 16 heavy (non-hydrogen) atoms. The van der Waals surface area contributed by atoms with Crippen LogP contribution in [-0.4, -0.2) is 19.5 Å². The first-order chi connectivity index (χ1) is 6.92. The van der Waals surface area contributed by atoms with Crippen LogP contribution in [0.3, 0.4) is 0 Å². The summed E-state index contributed by atoms with van der Waals surface area (Å²) in [5, 5.41) is 6.96. The third kappa shape index (κ3) is 12.9. The Kier molecular flexibility index (Phi) is 9.65. The van der Waals surface area contributed by atoms with Crippen molar-refractivity contribution in [1.29, 1.82) is 0 Å². The van der Waals surface area contributed by atoms with Gasteiger partial charge < -0.3 is 10.8 Å². The fourth-order valence-corrected chi connectivity index (χ4v) is 1.79. The molecule has 2 nitrogen and oxygen atoms in total. The second-order valence-electron chi connectivity index (χ2n) is 3.97. The van der Waals surface area contributed by atoms with E-state index in [1.165, 1.54) is 0 Å². The fourth-order valence-electron chi connectivity index (χ4n) is 0.701. The van der Waals surface area contributed by atoms with Crippen molar-refractivity contribution in [2.45, 2.75) is 42.8 Å². The van der Waals surface area contributed by atoms with Crippen LogP contribution in [0.5, 0.6) is 0 Å². The number of hydrogen-bond donors (Lipinski definition) is 2. The molecule has 98 valence electrons. The highest BCUT2D eigenvalue weighted by atomic mass is 35.6. The summed E-state index contributed by atoms with van der Waals surface area (Å²) in [5.41, 5.74) is 4.42.